The largest absolute Gasteiger partial charge is 0.340 e. The van der Waals surface area contributed by atoms with Gasteiger partial charge in [0.05, 0.1) is 22.8 Å². The molecule has 1 aliphatic heterocycles. The van der Waals surface area contributed by atoms with Crippen molar-refractivity contribution in [2.45, 2.75) is 81.5 Å². The molecule has 0 saturated carbocycles. The Balaban J connectivity index is 1.46. The molecular formula is C39H43N3S. The molecule has 0 aliphatic carbocycles. The van der Waals surface area contributed by atoms with Crippen molar-refractivity contribution in [3.8, 4) is 33.9 Å². The zero-order valence-corrected chi connectivity index (χ0v) is 26.5. The van der Waals surface area contributed by atoms with Crippen molar-refractivity contribution in [3.05, 3.63) is 103 Å². The molecule has 5 aromatic rings. The second-order valence-electron chi connectivity index (χ2n) is 11.5. The van der Waals surface area contributed by atoms with Crippen molar-refractivity contribution in [2.24, 2.45) is 0 Å². The zero-order chi connectivity index (χ0) is 29.4. The van der Waals surface area contributed by atoms with Crippen LogP contribution in [0.15, 0.2) is 113 Å². The lowest BCUT2D eigenvalue weighted by Crippen LogP contribution is -2.22. The molecule has 0 atom stereocenters. The Kier molecular flexibility index (Phi) is 9.64. The molecular weight excluding hydrogens is 543 g/mol. The molecule has 2 heterocycles. The lowest BCUT2D eigenvalue weighted by molar-refractivity contribution is 0.588. The number of hydrogen-bond acceptors (Lipinski definition) is 3. The highest BCUT2D eigenvalue weighted by Crippen LogP contribution is 2.49. The number of para-hydroxylation sites is 1. The number of unbranched alkanes of at least 4 members (excludes halogenated alkanes) is 6. The van der Waals surface area contributed by atoms with Gasteiger partial charge in [-0.3, -0.25) is 0 Å². The lowest BCUT2D eigenvalue weighted by atomic mass is 10.0. The maximum absolute atomic E-state index is 5.45. The van der Waals surface area contributed by atoms with Gasteiger partial charge in [-0.15, -0.1) is 0 Å². The van der Waals surface area contributed by atoms with Gasteiger partial charge in [-0.2, -0.15) is 0 Å². The highest BCUT2D eigenvalue weighted by Gasteiger charge is 2.26. The molecule has 0 amide bonds. The minimum atomic E-state index is 0.954. The normalized spacial score (nSPS) is 12.3. The molecule has 0 fully saturated rings. The second kappa shape index (κ2) is 14.1. The summed E-state index contributed by atoms with van der Waals surface area (Å²) in [4.78, 5) is 10.6. The minimum absolute atomic E-state index is 0.954. The molecule has 43 heavy (non-hydrogen) atoms. The summed E-state index contributed by atoms with van der Waals surface area (Å²) in [5, 5.41) is 0. The molecule has 220 valence electrons. The van der Waals surface area contributed by atoms with Crippen LogP contribution in [0.4, 0.5) is 11.4 Å². The number of fused-ring (bicyclic) bond motifs is 2. The molecule has 1 aliphatic rings. The first-order chi connectivity index (χ1) is 21.3. The van der Waals surface area contributed by atoms with Crippen molar-refractivity contribution in [2.75, 3.05) is 11.4 Å². The Morgan fingerprint density at radius 1 is 0.558 bits per heavy atom. The van der Waals surface area contributed by atoms with Gasteiger partial charge in [0.25, 0.3) is 0 Å². The van der Waals surface area contributed by atoms with Gasteiger partial charge in [0.2, 0.25) is 0 Å². The minimum Gasteiger partial charge on any atom is -0.340 e. The molecule has 0 spiro atoms. The average molecular weight is 586 g/mol. The predicted molar refractivity (Wildman–Crippen MR) is 184 cm³/mol. The van der Waals surface area contributed by atoms with Crippen LogP contribution in [-0.4, -0.2) is 16.1 Å². The fourth-order valence-corrected chi connectivity index (χ4v) is 7.32. The molecule has 3 nitrogen and oxygen atoms in total. The van der Waals surface area contributed by atoms with E-state index in [-0.39, 0.29) is 0 Å². The van der Waals surface area contributed by atoms with Gasteiger partial charge in [-0.25, -0.2) is 4.98 Å². The summed E-state index contributed by atoms with van der Waals surface area (Å²) in [6.45, 7) is 6.56. The predicted octanol–water partition coefficient (Wildman–Crippen LogP) is 11.6. The van der Waals surface area contributed by atoms with Crippen LogP contribution in [0, 0.1) is 0 Å². The molecule has 0 saturated heterocycles. The molecule has 0 bridgehead atoms. The monoisotopic (exact) mass is 585 g/mol. The Hall–Kier alpha value is -3.76. The molecule has 0 unspecified atom stereocenters. The second-order valence-corrected chi connectivity index (χ2v) is 12.6. The topological polar surface area (TPSA) is 21.1 Å². The van der Waals surface area contributed by atoms with Crippen molar-refractivity contribution in [3.63, 3.8) is 0 Å². The zero-order valence-electron chi connectivity index (χ0n) is 25.6. The highest BCUT2D eigenvalue weighted by molar-refractivity contribution is 7.99. The maximum Gasteiger partial charge on any atom is 0.141 e. The number of nitrogens with zero attached hydrogens (tertiary/aromatic N) is 3. The molecule has 4 heteroatoms. The van der Waals surface area contributed by atoms with Crippen LogP contribution in [0.2, 0.25) is 0 Å². The van der Waals surface area contributed by atoms with E-state index in [1.807, 2.05) is 11.8 Å². The molecule has 6 rings (SSSR count). The first kappa shape index (κ1) is 29.3. The Morgan fingerprint density at radius 3 is 1.91 bits per heavy atom. The molecule has 0 radical (unpaired) electrons. The quantitative estimate of drug-likeness (QED) is 0.128. The van der Waals surface area contributed by atoms with Crippen molar-refractivity contribution < 1.29 is 0 Å². The van der Waals surface area contributed by atoms with E-state index >= 15 is 0 Å². The lowest BCUT2D eigenvalue weighted by Gasteiger charge is -2.33. The molecule has 1 aromatic heterocycles. The number of hydrogen-bond donors (Lipinski definition) is 0. The summed E-state index contributed by atoms with van der Waals surface area (Å²) in [5.41, 5.74) is 8.49. The number of benzene rings is 4. The average Bonchev–Trinajstić information content (AvgIpc) is 3.44. The van der Waals surface area contributed by atoms with E-state index in [2.05, 4.69) is 126 Å². The van der Waals surface area contributed by atoms with E-state index in [0.717, 1.165) is 36.6 Å². The molecule has 4 aromatic carbocycles. The van der Waals surface area contributed by atoms with Crippen LogP contribution < -0.4 is 4.90 Å². The third kappa shape index (κ3) is 6.45. The highest BCUT2D eigenvalue weighted by atomic mass is 32.2. The van der Waals surface area contributed by atoms with E-state index in [1.165, 1.54) is 82.9 Å². The summed E-state index contributed by atoms with van der Waals surface area (Å²) in [7, 11) is 0. The van der Waals surface area contributed by atoms with E-state index in [9.17, 15) is 0 Å². The standard InChI is InChI=1S/C39H43N3S/c1-3-5-7-17-27-41-33-23-15-16-24-35(33)43-36-29-32(25-26-34(36)41)39-40-37(30-19-11-9-12-20-30)38(31-21-13-10-14-22-31)42(39)28-18-8-6-4-2/h9-16,19-26,29H,3-8,17-18,27-28H2,1-2H3. The van der Waals surface area contributed by atoms with Gasteiger partial charge in [-0.1, -0.05) is 137 Å². The first-order valence-corrected chi connectivity index (χ1v) is 17.0. The first-order valence-electron chi connectivity index (χ1n) is 16.2. The van der Waals surface area contributed by atoms with Gasteiger partial charge in [0.1, 0.15) is 5.82 Å². The van der Waals surface area contributed by atoms with Gasteiger partial charge in [-0.05, 0) is 43.2 Å². The SMILES string of the molecule is CCCCCCN1c2ccccc2Sc2cc(-c3nc(-c4ccccc4)c(-c4ccccc4)n3CCCCCC)ccc21. The van der Waals surface area contributed by atoms with Gasteiger partial charge in [0.15, 0.2) is 0 Å². The third-order valence-corrected chi connectivity index (χ3v) is 9.53. The number of rotatable bonds is 13. The van der Waals surface area contributed by atoms with Gasteiger partial charge < -0.3 is 9.47 Å². The van der Waals surface area contributed by atoms with Crippen LogP contribution in [0.5, 0.6) is 0 Å². The maximum atomic E-state index is 5.45. The van der Waals surface area contributed by atoms with Crippen LogP contribution in [0.1, 0.15) is 65.2 Å². The van der Waals surface area contributed by atoms with Crippen LogP contribution in [0.25, 0.3) is 33.9 Å². The van der Waals surface area contributed by atoms with Crippen molar-refractivity contribution >= 4 is 23.1 Å². The Morgan fingerprint density at radius 2 is 1.19 bits per heavy atom. The number of anilines is 2. The summed E-state index contributed by atoms with van der Waals surface area (Å²) in [6.07, 6.45) is 9.90. The summed E-state index contributed by atoms with van der Waals surface area (Å²) < 4.78 is 2.50. The van der Waals surface area contributed by atoms with E-state index in [1.54, 1.807) is 0 Å². The fourth-order valence-electron chi connectivity index (χ4n) is 6.18. The van der Waals surface area contributed by atoms with Crippen molar-refractivity contribution in [1.82, 2.24) is 9.55 Å². The van der Waals surface area contributed by atoms with E-state index < -0.39 is 0 Å². The molecule has 0 N–H and O–H groups in total. The van der Waals surface area contributed by atoms with Crippen LogP contribution in [0.3, 0.4) is 0 Å². The van der Waals surface area contributed by atoms with E-state index in [4.69, 9.17) is 4.98 Å². The summed E-state index contributed by atoms with van der Waals surface area (Å²) in [5.74, 6) is 1.06. The van der Waals surface area contributed by atoms with Crippen LogP contribution in [-0.2, 0) is 6.54 Å². The van der Waals surface area contributed by atoms with Gasteiger partial charge in [0, 0.05) is 39.6 Å². The van der Waals surface area contributed by atoms with E-state index in [0.29, 0.717) is 0 Å². The number of aromatic nitrogens is 2. The summed E-state index contributed by atoms with van der Waals surface area (Å²) >= 11 is 1.89. The van der Waals surface area contributed by atoms with Crippen LogP contribution >= 0.6 is 11.8 Å². The third-order valence-electron chi connectivity index (χ3n) is 8.42. The number of imidazole rings is 1. The Labute approximate surface area is 262 Å². The fraction of sp³-hybridized carbons (Fsp3) is 0.308. The smallest absolute Gasteiger partial charge is 0.141 e. The summed E-state index contributed by atoms with van der Waals surface area (Å²) in [6, 6.07) is 37.5. The van der Waals surface area contributed by atoms with Crippen molar-refractivity contribution in [1.29, 1.82) is 0 Å². The Bertz CT molecular complexity index is 1620. The van der Waals surface area contributed by atoms with Gasteiger partial charge >= 0.3 is 0 Å².